The number of aliphatic hydroxyl groups is 1. The number of aliphatic hydroxyl groups excluding tert-OH is 1. The van der Waals surface area contributed by atoms with E-state index >= 15 is 0 Å². The zero-order valence-electron chi connectivity index (χ0n) is 13.5. The van der Waals surface area contributed by atoms with Crippen molar-refractivity contribution in [2.24, 2.45) is 0 Å². The average molecular weight is 331 g/mol. The van der Waals surface area contributed by atoms with Gasteiger partial charge in [-0.3, -0.25) is 9.69 Å². The van der Waals surface area contributed by atoms with Gasteiger partial charge in [-0.05, 0) is 25.6 Å². The fourth-order valence-corrected chi connectivity index (χ4v) is 2.75. The Morgan fingerprint density at radius 2 is 2.25 bits per heavy atom. The molecule has 0 bridgehead atoms. The van der Waals surface area contributed by atoms with Gasteiger partial charge >= 0.3 is 0 Å². The van der Waals surface area contributed by atoms with Crippen molar-refractivity contribution in [3.05, 3.63) is 47.9 Å². The van der Waals surface area contributed by atoms with E-state index in [-0.39, 0.29) is 30.4 Å². The Morgan fingerprint density at radius 3 is 2.96 bits per heavy atom. The minimum absolute atomic E-state index is 0.136. The van der Waals surface area contributed by atoms with Crippen LogP contribution in [-0.2, 0) is 6.61 Å². The fraction of sp³-hybridized carbons (Fsp3) is 0.412. The fourth-order valence-electron chi connectivity index (χ4n) is 2.75. The smallest absolute Gasteiger partial charge is 0.273 e. The Kier molecular flexibility index (Phi) is 5.12. The third-order valence-corrected chi connectivity index (χ3v) is 4.08. The maximum Gasteiger partial charge on any atom is 0.273 e. The predicted octanol–water partition coefficient (Wildman–Crippen LogP) is 1.05. The molecule has 0 saturated carbocycles. The molecule has 1 aliphatic heterocycles. The molecule has 1 aliphatic rings. The normalized spacial score (nSPS) is 20.9. The number of rotatable bonds is 6. The summed E-state index contributed by atoms with van der Waals surface area (Å²) in [4.78, 5) is 14.2. The highest BCUT2D eigenvalue weighted by Crippen LogP contribution is 2.15. The number of carbonyl (C=O) groups is 1. The Balaban J connectivity index is 1.48. The molecule has 2 atom stereocenters. The number of para-hydroxylation sites is 1. The molecule has 1 aromatic carbocycles. The maximum absolute atomic E-state index is 12.1. The van der Waals surface area contributed by atoms with E-state index in [0.29, 0.717) is 25.3 Å². The van der Waals surface area contributed by atoms with Crippen molar-refractivity contribution in [3.8, 4) is 5.75 Å². The summed E-state index contributed by atoms with van der Waals surface area (Å²) in [7, 11) is 1.93. The van der Waals surface area contributed by atoms with E-state index < -0.39 is 0 Å². The van der Waals surface area contributed by atoms with Gasteiger partial charge in [-0.2, -0.15) is 0 Å². The second-order valence-corrected chi connectivity index (χ2v) is 5.97. The molecular weight excluding hydrogens is 310 g/mol. The lowest BCUT2D eigenvalue weighted by molar-refractivity contribution is 0.0934. The van der Waals surface area contributed by atoms with E-state index in [9.17, 15) is 9.90 Å². The van der Waals surface area contributed by atoms with E-state index in [1.54, 1.807) is 6.07 Å². The van der Waals surface area contributed by atoms with Crippen molar-refractivity contribution in [2.75, 3.05) is 20.1 Å². The van der Waals surface area contributed by atoms with Crippen LogP contribution in [0.2, 0.25) is 0 Å². The molecule has 128 valence electrons. The molecule has 2 heterocycles. The van der Waals surface area contributed by atoms with Crippen LogP contribution in [-0.4, -0.2) is 53.4 Å². The van der Waals surface area contributed by atoms with Crippen LogP contribution in [0.1, 0.15) is 22.7 Å². The van der Waals surface area contributed by atoms with E-state index in [1.165, 1.54) is 0 Å². The number of benzene rings is 1. The minimum atomic E-state index is -0.328. The van der Waals surface area contributed by atoms with E-state index in [2.05, 4.69) is 10.5 Å². The van der Waals surface area contributed by atoms with Crippen LogP contribution in [0.5, 0.6) is 5.75 Å². The molecule has 3 rings (SSSR count). The van der Waals surface area contributed by atoms with Gasteiger partial charge in [-0.15, -0.1) is 0 Å². The zero-order valence-corrected chi connectivity index (χ0v) is 13.5. The number of hydrogen-bond donors (Lipinski definition) is 2. The molecule has 7 nitrogen and oxygen atoms in total. The summed E-state index contributed by atoms with van der Waals surface area (Å²) in [5.41, 5.74) is 0.225. The number of amides is 1. The van der Waals surface area contributed by atoms with Crippen LogP contribution in [0.3, 0.4) is 0 Å². The third-order valence-electron chi connectivity index (χ3n) is 4.08. The van der Waals surface area contributed by atoms with Gasteiger partial charge in [0.1, 0.15) is 12.4 Å². The summed E-state index contributed by atoms with van der Waals surface area (Å²) in [6, 6.07) is 11.1. The second-order valence-electron chi connectivity index (χ2n) is 5.97. The van der Waals surface area contributed by atoms with Crippen molar-refractivity contribution in [3.63, 3.8) is 0 Å². The number of carbonyl (C=O) groups excluding carboxylic acids is 1. The van der Waals surface area contributed by atoms with Crippen molar-refractivity contribution in [1.82, 2.24) is 15.4 Å². The maximum atomic E-state index is 12.1. The lowest BCUT2D eigenvalue weighted by Crippen LogP contribution is -2.38. The molecule has 0 radical (unpaired) electrons. The minimum Gasteiger partial charge on any atom is -0.486 e. The zero-order chi connectivity index (χ0) is 16.9. The van der Waals surface area contributed by atoms with Gasteiger partial charge in [-0.1, -0.05) is 23.4 Å². The SMILES string of the molecule is CN1CC(O)CC1CNC(=O)c1cc(COc2ccccc2)on1. The summed E-state index contributed by atoms with van der Waals surface area (Å²) in [6.07, 6.45) is 0.330. The first-order valence-electron chi connectivity index (χ1n) is 7.92. The molecule has 2 unspecified atom stereocenters. The van der Waals surface area contributed by atoms with Gasteiger partial charge in [0.25, 0.3) is 5.91 Å². The van der Waals surface area contributed by atoms with Gasteiger partial charge in [0.15, 0.2) is 11.5 Å². The number of hydrogen-bond acceptors (Lipinski definition) is 6. The Hall–Kier alpha value is -2.38. The molecule has 1 fully saturated rings. The second kappa shape index (κ2) is 7.46. The Labute approximate surface area is 140 Å². The van der Waals surface area contributed by atoms with E-state index in [4.69, 9.17) is 9.26 Å². The van der Waals surface area contributed by atoms with Gasteiger partial charge in [0.05, 0.1) is 6.10 Å². The Bertz CT molecular complexity index is 673. The largest absolute Gasteiger partial charge is 0.486 e. The standard InChI is InChI=1S/C17H21N3O4/c1-20-10-13(21)7-12(20)9-18-17(22)16-8-15(24-19-16)11-23-14-5-3-2-4-6-14/h2-6,8,12-13,21H,7,9-11H2,1H3,(H,18,22). The van der Waals surface area contributed by atoms with Gasteiger partial charge in [-0.25, -0.2) is 0 Å². The van der Waals surface area contributed by atoms with Crippen LogP contribution in [0.25, 0.3) is 0 Å². The first-order valence-corrected chi connectivity index (χ1v) is 7.92. The number of likely N-dealkylation sites (tertiary alicyclic amines) is 1. The van der Waals surface area contributed by atoms with Crippen LogP contribution < -0.4 is 10.1 Å². The lowest BCUT2D eigenvalue weighted by atomic mass is 10.2. The van der Waals surface area contributed by atoms with Crippen LogP contribution in [0.4, 0.5) is 0 Å². The van der Waals surface area contributed by atoms with E-state index in [0.717, 1.165) is 5.75 Å². The number of likely N-dealkylation sites (N-methyl/N-ethyl adjacent to an activating group) is 1. The number of nitrogens with one attached hydrogen (secondary N) is 1. The van der Waals surface area contributed by atoms with Crippen molar-refractivity contribution in [1.29, 1.82) is 0 Å². The molecule has 0 spiro atoms. The summed E-state index contributed by atoms with van der Waals surface area (Å²) in [5.74, 6) is 0.916. The summed E-state index contributed by atoms with van der Waals surface area (Å²) in [5, 5.41) is 16.2. The molecular formula is C17H21N3O4. The number of nitrogens with zero attached hydrogens (tertiary/aromatic N) is 2. The molecule has 0 aliphatic carbocycles. The summed E-state index contributed by atoms with van der Waals surface area (Å²) >= 11 is 0. The predicted molar refractivity (Wildman–Crippen MR) is 86.7 cm³/mol. The molecule has 7 heteroatoms. The molecule has 2 N–H and O–H groups in total. The summed E-state index contributed by atoms with van der Waals surface area (Å²) < 4.78 is 10.7. The molecule has 1 saturated heterocycles. The van der Waals surface area contributed by atoms with Crippen molar-refractivity contribution < 1.29 is 19.2 Å². The van der Waals surface area contributed by atoms with Crippen LogP contribution in [0.15, 0.2) is 40.9 Å². The number of aromatic nitrogens is 1. The molecule has 1 aromatic heterocycles. The highest BCUT2D eigenvalue weighted by atomic mass is 16.5. The lowest BCUT2D eigenvalue weighted by Gasteiger charge is -2.18. The topological polar surface area (TPSA) is 87.8 Å². The summed E-state index contributed by atoms with van der Waals surface area (Å²) in [6.45, 7) is 1.31. The van der Waals surface area contributed by atoms with Crippen LogP contribution in [0, 0.1) is 0 Å². The van der Waals surface area contributed by atoms with Gasteiger partial charge in [0.2, 0.25) is 0 Å². The van der Waals surface area contributed by atoms with Gasteiger partial charge < -0.3 is 19.7 Å². The highest BCUT2D eigenvalue weighted by Gasteiger charge is 2.28. The quantitative estimate of drug-likeness (QED) is 0.823. The van der Waals surface area contributed by atoms with Crippen molar-refractivity contribution in [2.45, 2.75) is 25.2 Å². The average Bonchev–Trinajstić information content (AvgIpc) is 3.18. The number of ether oxygens (including phenoxy) is 1. The first kappa shape index (κ1) is 16.5. The monoisotopic (exact) mass is 331 g/mol. The first-order chi connectivity index (χ1) is 11.6. The third kappa shape index (κ3) is 4.12. The number of β-amino-alcohol motifs (C(OH)–C–C–N with tert-alkyl or cyclic N) is 1. The van der Waals surface area contributed by atoms with Crippen molar-refractivity contribution >= 4 is 5.91 Å². The van der Waals surface area contributed by atoms with E-state index in [1.807, 2.05) is 42.3 Å². The molecule has 2 aromatic rings. The van der Waals surface area contributed by atoms with Crippen LogP contribution >= 0.6 is 0 Å². The highest BCUT2D eigenvalue weighted by molar-refractivity contribution is 5.92. The van der Waals surface area contributed by atoms with Gasteiger partial charge in [0, 0.05) is 25.2 Å². The molecule has 24 heavy (non-hydrogen) atoms. The Morgan fingerprint density at radius 1 is 1.46 bits per heavy atom. The molecule has 1 amide bonds.